The molecule has 1 aliphatic rings. The number of nitrogens with zero attached hydrogens (tertiary/aromatic N) is 3. The van der Waals surface area contributed by atoms with Crippen LogP contribution in [0.5, 0.6) is 0 Å². The maximum Gasteiger partial charge on any atom is 0.311 e. The number of hydrogen-bond acceptors (Lipinski definition) is 5. The summed E-state index contributed by atoms with van der Waals surface area (Å²) in [5.41, 5.74) is -0.0489. The third kappa shape index (κ3) is 1.78. The number of pyridine rings is 1. The summed E-state index contributed by atoms with van der Waals surface area (Å²) in [6.07, 6.45) is 1.93. The Labute approximate surface area is 85.7 Å². The first-order valence-corrected chi connectivity index (χ1v) is 4.54. The van der Waals surface area contributed by atoms with Gasteiger partial charge in [-0.25, -0.2) is 4.98 Å². The standard InChI is InChI=1S/C9H9N3O3/c13-7-3-5-11(6-7)9-8(12(14)15)2-1-4-10-9/h1-2,4H,3,5-6H2. The molecule has 15 heavy (non-hydrogen) atoms. The highest BCUT2D eigenvalue weighted by Crippen LogP contribution is 2.26. The molecule has 0 saturated carbocycles. The summed E-state index contributed by atoms with van der Waals surface area (Å²) < 4.78 is 0. The van der Waals surface area contributed by atoms with Crippen molar-refractivity contribution in [3.05, 3.63) is 28.4 Å². The van der Waals surface area contributed by atoms with E-state index in [2.05, 4.69) is 4.98 Å². The Morgan fingerprint density at radius 3 is 2.93 bits per heavy atom. The lowest BCUT2D eigenvalue weighted by Gasteiger charge is -2.14. The molecule has 1 fully saturated rings. The van der Waals surface area contributed by atoms with E-state index in [9.17, 15) is 14.9 Å². The van der Waals surface area contributed by atoms with Gasteiger partial charge in [0.2, 0.25) is 5.82 Å². The number of carbonyl (C=O) groups excluding carboxylic acids is 1. The fourth-order valence-electron chi connectivity index (χ4n) is 1.59. The zero-order chi connectivity index (χ0) is 10.8. The molecule has 6 nitrogen and oxygen atoms in total. The molecule has 0 amide bonds. The lowest BCUT2D eigenvalue weighted by atomic mass is 10.3. The van der Waals surface area contributed by atoms with Gasteiger partial charge in [-0.2, -0.15) is 0 Å². The van der Waals surface area contributed by atoms with Gasteiger partial charge in [0.15, 0.2) is 5.78 Å². The first-order valence-electron chi connectivity index (χ1n) is 4.54. The number of hydrogen-bond donors (Lipinski definition) is 0. The van der Waals surface area contributed by atoms with Crippen LogP contribution in [0.15, 0.2) is 18.3 Å². The summed E-state index contributed by atoms with van der Waals surface area (Å²) in [4.78, 5) is 26.9. The Hall–Kier alpha value is -1.98. The maximum atomic E-state index is 11.1. The van der Waals surface area contributed by atoms with Gasteiger partial charge >= 0.3 is 5.69 Å². The van der Waals surface area contributed by atoms with Crippen molar-refractivity contribution in [1.82, 2.24) is 4.98 Å². The predicted molar refractivity (Wildman–Crippen MR) is 52.7 cm³/mol. The summed E-state index contributed by atoms with van der Waals surface area (Å²) in [6, 6.07) is 2.91. The largest absolute Gasteiger partial charge is 0.343 e. The summed E-state index contributed by atoms with van der Waals surface area (Å²) in [5.74, 6) is 0.378. The molecule has 0 aromatic carbocycles. The first-order chi connectivity index (χ1) is 7.18. The second-order valence-electron chi connectivity index (χ2n) is 3.31. The van der Waals surface area contributed by atoms with Gasteiger partial charge in [0.05, 0.1) is 11.5 Å². The molecule has 1 aliphatic heterocycles. The van der Waals surface area contributed by atoms with Crippen LogP contribution < -0.4 is 4.90 Å². The number of carbonyl (C=O) groups is 1. The van der Waals surface area contributed by atoms with E-state index in [-0.39, 0.29) is 23.8 Å². The van der Waals surface area contributed by atoms with Gasteiger partial charge in [-0.3, -0.25) is 14.9 Å². The molecule has 1 saturated heterocycles. The van der Waals surface area contributed by atoms with Gasteiger partial charge in [-0.1, -0.05) is 0 Å². The van der Waals surface area contributed by atoms with E-state index >= 15 is 0 Å². The van der Waals surface area contributed by atoms with Crippen LogP contribution in [0.2, 0.25) is 0 Å². The topological polar surface area (TPSA) is 76.3 Å². The van der Waals surface area contributed by atoms with Crippen molar-refractivity contribution in [2.24, 2.45) is 0 Å². The number of nitro groups is 1. The highest BCUT2D eigenvalue weighted by atomic mass is 16.6. The van der Waals surface area contributed by atoms with Crippen LogP contribution >= 0.6 is 0 Å². The Morgan fingerprint density at radius 2 is 2.33 bits per heavy atom. The van der Waals surface area contributed by atoms with Crippen molar-refractivity contribution in [3.8, 4) is 0 Å². The molecule has 0 atom stereocenters. The lowest BCUT2D eigenvalue weighted by molar-refractivity contribution is -0.384. The molecule has 0 radical (unpaired) electrons. The summed E-state index contributed by atoms with van der Waals surface area (Å²) >= 11 is 0. The number of ketones is 1. The van der Waals surface area contributed by atoms with Crippen LogP contribution in [0.1, 0.15) is 6.42 Å². The van der Waals surface area contributed by atoms with Gasteiger partial charge in [0.1, 0.15) is 0 Å². The van der Waals surface area contributed by atoms with Gasteiger partial charge in [-0.15, -0.1) is 0 Å². The van der Waals surface area contributed by atoms with Crippen LogP contribution in [0, 0.1) is 10.1 Å². The van der Waals surface area contributed by atoms with Crippen molar-refractivity contribution < 1.29 is 9.72 Å². The van der Waals surface area contributed by atoms with Gasteiger partial charge in [-0.05, 0) is 6.07 Å². The smallest absolute Gasteiger partial charge is 0.311 e. The number of Topliss-reactive ketones (excluding diaryl/α,β-unsaturated/α-hetero) is 1. The summed E-state index contributed by atoms with van der Waals surface area (Å²) in [5, 5.41) is 10.7. The SMILES string of the molecule is O=C1CCN(c2ncccc2[N+](=O)[O-])C1. The normalized spacial score (nSPS) is 15.7. The fraction of sp³-hybridized carbons (Fsp3) is 0.333. The Balaban J connectivity index is 2.35. The van der Waals surface area contributed by atoms with Crippen LogP contribution in [0.25, 0.3) is 0 Å². The van der Waals surface area contributed by atoms with Crippen molar-refractivity contribution in [1.29, 1.82) is 0 Å². The second-order valence-corrected chi connectivity index (χ2v) is 3.31. The molecule has 6 heteroatoms. The zero-order valence-electron chi connectivity index (χ0n) is 7.92. The van der Waals surface area contributed by atoms with Gasteiger partial charge in [0.25, 0.3) is 0 Å². The van der Waals surface area contributed by atoms with Crippen molar-refractivity contribution in [2.75, 3.05) is 18.0 Å². The van der Waals surface area contributed by atoms with Crippen LogP contribution in [0.3, 0.4) is 0 Å². The molecule has 0 N–H and O–H groups in total. The number of aromatic nitrogens is 1. The highest BCUT2D eigenvalue weighted by Gasteiger charge is 2.26. The molecular formula is C9H9N3O3. The molecule has 0 unspecified atom stereocenters. The number of anilines is 1. The molecule has 0 spiro atoms. The van der Waals surface area contributed by atoms with Crippen LogP contribution in [0.4, 0.5) is 11.5 Å². The predicted octanol–water partition coefficient (Wildman–Crippen LogP) is 0.769. The molecule has 0 bridgehead atoms. The van der Waals surface area contributed by atoms with Crippen molar-refractivity contribution >= 4 is 17.3 Å². The minimum absolute atomic E-state index is 0.0489. The molecule has 1 aromatic heterocycles. The quantitative estimate of drug-likeness (QED) is 0.528. The molecular weight excluding hydrogens is 198 g/mol. The van der Waals surface area contributed by atoms with Crippen LogP contribution in [-0.4, -0.2) is 28.8 Å². The Morgan fingerprint density at radius 1 is 1.53 bits per heavy atom. The zero-order valence-corrected chi connectivity index (χ0v) is 7.92. The van der Waals surface area contributed by atoms with Crippen molar-refractivity contribution in [2.45, 2.75) is 6.42 Å². The second kappa shape index (κ2) is 3.64. The van der Waals surface area contributed by atoms with E-state index in [1.807, 2.05) is 0 Å². The highest BCUT2D eigenvalue weighted by molar-refractivity contribution is 5.87. The van der Waals surface area contributed by atoms with E-state index in [4.69, 9.17) is 0 Å². The average molecular weight is 207 g/mol. The molecule has 1 aromatic rings. The van der Waals surface area contributed by atoms with Gasteiger partial charge in [0, 0.05) is 25.2 Å². The van der Waals surface area contributed by atoms with E-state index in [1.165, 1.54) is 18.3 Å². The van der Waals surface area contributed by atoms with E-state index in [0.717, 1.165) is 0 Å². The number of rotatable bonds is 2. The maximum absolute atomic E-state index is 11.1. The molecule has 2 heterocycles. The third-order valence-electron chi connectivity index (χ3n) is 2.29. The third-order valence-corrected chi connectivity index (χ3v) is 2.29. The molecule has 0 aliphatic carbocycles. The van der Waals surface area contributed by atoms with Crippen LogP contribution in [-0.2, 0) is 4.79 Å². The van der Waals surface area contributed by atoms with Gasteiger partial charge < -0.3 is 4.90 Å². The Kier molecular flexibility index (Phi) is 2.32. The first kappa shape index (κ1) is 9.57. The lowest BCUT2D eigenvalue weighted by Crippen LogP contribution is -2.21. The monoisotopic (exact) mass is 207 g/mol. The minimum Gasteiger partial charge on any atom is -0.343 e. The van der Waals surface area contributed by atoms with E-state index in [1.54, 1.807) is 4.90 Å². The average Bonchev–Trinajstić information content (AvgIpc) is 2.65. The van der Waals surface area contributed by atoms with E-state index in [0.29, 0.717) is 13.0 Å². The Bertz CT molecular complexity index is 419. The molecule has 78 valence electrons. The fourth-order valence-corrected chi connectivity index (χ4v) is 1.59. The minimum atomic E-state index is -0.481. The summed E-state index contributed by atoms with van der Waals surface area (Å²) in [7, 11) is 0. The molecule has 2 rings (SSSR count). The summed E-state index contributed by atoms with van der Waals surface area (Å²) in [6.45, 7) is 0.731. The van der Waals surface area contributed by atoms with Crippen molar-refractivity contribution in [3.63, 3.8) is 0 Å². The van der Waals surface area contributed by atoms with E-state index < -0.39 is 4.92 Å².